The number of rotatable bonds is 8. The predicted molar refractivity (Wildman–Crippen MR) is 149 cm³/mol. The van der Waals surface area contributed by atoms with E-state index in [1.54, 1.807) is 36.4 Å². The van der Waals surface area contributed by atoms with Crippen LogP contribution in [0, 0.1) is 28.7 Å². The Morgan fingerprint density at radius 3 is 2.47 bits per heavy atom. The SMILES string of the molecule is COc1cc(/C=C(/C#N)C(=O)Nc2cccc(Cl)c2)cc(I)c1OCC(=O)Nc1ccc(C)c(C)c1. The smallest absolute Gasteiger partial charge is 0.266 e. The van der Waals surface area contributed by atoms with Gasteiger partial charge in [-0.1, -0.05) is 23.7 Å². The van der Waals surface area contributed by atoms with E-state index in [-0.39, 0.29) is 18.1 Å². The van der Waals surface area contributed by atoms with Gasteiger partial charge in [-0.3, -0.25) is 9.59 Å². The number of anilines is 2. The van der Waals surface area contributed by atoms with E-state index in [0.29, 0.717) is 37.0 Å². The van der Waals surface area contributed by atoms with Gasteiger partial charge in [0.05, 0.1) is 10.7 Å². The lowest BCUT2D eigenvalue weighted by Crippen LogP contribution is -2.20. The molecule has 0 spiro atoms. The summed E-state index contributed by atoms with van der Waals surface area (Å²) in [5.74, 6) is -0.145. The molecule has 7 nitrogen and oxygen atoms in total. The molecule has 0 heterocycles. The number of aryl methyl sites for hydroxylation is 2. The summed E-state index contributed by atoms with van der Waals surface area (Å²) in [5, 5.41) is 15.5. The third-order valence-corrected chi connectivity index (χ3v) is 6.18. The van der Waals surface area contributed by atoms with Gasteiger partial charge in [0, 0.05) is 16.4 Å². The molecule has 0 aromatic heterocycles. The van der Waals surface area contributed by atoms with Crippen LogP contribution in [-0.4, -0.2) is 25.5 Å². The van der Waals surface area contributed by atoms with Gasteiger partial charge in [0.25, 0.3) is 11.8 Å². The number of hydrogen-bond acceptors (Lipinski definition) is 5. The van der Waals surface area contributed by atoms with Crippen molar-refractivity contribution in [3.63, 3.8) is 0 Å². The van der Waals surface area contributed by atoms with Gasteiger partial charge in [-0.05, 0) is 102 Å². The molecular weight excluding hydrogens is 593 g/mol. The molecule has 0 unspecified atom stereocenters. The Bertz CT molecular complexity index is 1380. The van der Waals surface area contributed by atoms with Crippen molar-refractivity contribution in [2.45, 2.75) is 13.8 Å². The van der Waals surface area contributed by atoms with Gasteiger partial charge >= 0.3 is 0 Å². The second kappa shape index (κ2) is 12.4. The highest BCUT2D eigenvalue weighted by atomic mass is 127. The number of methoxy groups -OCH3 is 1. The van der Waals surface area contributed by atoms with Crippen molar-refractivity contribution in [3.05, 3.63) is 85.5 Å². The molecule has 0 aliphatic carbocycles. The summed E-state index contributed by atoms with van der Waals surface area (Å²) in [6.07, 6.45) is 1.45. The molecule has 0 aliphatic heterocycles. The number of carbonyl (C=O) groups excluding carboxylic acids is 2. The molecule has 0 saturated carbocycles. The van der Waals surface area contributed by atoms with Crippen LogP contribution in [0.4, 0.5) is 11.4 Å². The maximum Gasteiger partial charge on any atom is 0.266 e. The lowest BCUT2D eigenvalue weighted by molar-refractivity contribution is -0.118. The molecule has 0 atom stereocenters. The quantitative estimate of drug-likeness (QED) is 0.180. The first-order chi connectivity index (χ1) is 17.2. The molecule has 9 heteroatoms. The highest BCUT2D eigenvalue weighted by Gasteiger charge is 2.15. The number of halogens is 2. The molecule has 0 aliphatic rings. The number of benzene rings is 3. The molecule has 3 rings (SSSR count). The van der Waals surface area contributed by atoms with E-state index in [1.807, 2.05) is 60.7 Å². The number of hydrogen-bond donors (Lipinski definition) is 2. The van der Waals surface area contributed by atoms with Crippen molar-refractivity contribution in [1.82, 2.24) is 0 Å². The van der Waals surface area contributed by atoms with Gasteiger partial charge in [-0.2, -0.15) is 5.26 Å². The first-order valence-electron chi connectivity index (χ1n) is 10.8. The molecule has 2 N–H and O–H groups in total. The fourth-order valence-corrected chi connectivity index (χ4v) is 4.17. The van der Waals surface area contributed by atoms with Crippen LogP contribution in [0.25, 0.3) is 6.08 Å². The van der Waals surface area contributed by atoms with Crippen LogP contribution in [0.3, 0.4) is 0 Å². The van der Waals surface area contributed by atoms with Gasteiger partial charge in [0.15, 0.2) is 18.1 Å². The molecule has 2 amide bonds. The number of nitriles is 1. The minimum Gasteiger partial charge on any atom is -0.493 e. The van der Waals surface area contributed by atoms with Crippen LogP contribution in [0.15, 0.2) is 60.2 Å². The first kappa shape index (κ1) is 27.0. The summed E-state index contributed by atoms with van der Waals surface area (Å²) >= 11 is 8.00. The van der Waals surface area contributed by atoms with E-state index in [1.165, 1.54) is 13.2 Å². The van der Waals surface area contributed by atoms with E-state index >= 15 is 0 Å². The molecule has 184 valence electrons. The average Bonchev–Trinajstić information content (AvgIpc) is 2.83. The zero-order chi connectivity index (χ0) is 26.2. The molecule has 0 saturated heterocycles. The second-order valence-corrected chi connectivity index (χ2v) is 9.40. The lowest BCUT2D eigenvalue weighted by Gasteiger charge is -2.14. The third kappa shape index (κ3) is 7.23. The zero-order valence-corrected chi connectivity index (χ0v) is 22.7. The molecule has 0 fully saturated rings. The van der Waals surface area contributed by atoms with Gasteiger partial charge in [0.1, 0.15) is 11.6 Å². The van der Waals surface area contributed by atoms with Crippen LogP contribution in [0.5, 0.6) is 11.5 Å². The Balaban J connectivity index is 1.73. The Labute approximate surface area is 228 Å². The van der Waals surface area contributed by atoms with Crippen LogP contribution in [-0.2, 0) is 9.59 Å². The second-order valence-electron chi connectivity index (χ2n) is 7.80. The van der Waals surface area contributed by atoms with Crippen molar-refractivity contribution in [1.29, 1.82) is 5.26 Å². The molecule has 0 bridgehead atoms. The largest absolute Gasteiger partial charge is 0.493 e. The maximum atomic E-state index is 12.6. The monoisotopic (exact) mass is 615 g/mol. The van der Waals surface area contributed by atoms with Crippen molar-refractivity contribution in [2.24, 2.45) is 0 Å². The van der Waals surface area contributed by atoms with E-state index in [0.717, 1.165) is 11.1 Å². The van der Waals surface area contributed by atoms with E-state index in [4.69, 9.17) is 21.1 Å². The summed E-state index contributed by atoms with van der Waals surface area (Å²) in [6, 6.07) is 17.6. The maximum absolute atomic E-state index is 12.6. The number of amides is 2. The predicted octanol–water partition coefficient (Wildman–Crippen LogP) is 6.13. The van der Waals surface area contributed by atoms with Gasteiger partial charge < -0.3 is 20.1 Å². The highest BCUT2D eigenvalue weighted by molar-refractivity contribution is 14.1. The molecule has 36 heavy (non-hydrogen) atoms. The van der Waals surface area contributed by atoms with Gasteiger partial charge in [-0.25, -0.2) is 0 Å². The topological polar surface area (TPSA) is 100 Å². The van der Waals surface area contributed by atoms with Gasteiger partial charge in [0.2, 0.25) is 0 Å². The molecule has 3 aromatic carbocycles. The van der Waals surface area contributed by atoms with E-state index < -0.39 is 5.91 Å². The Hall–Kier alpha value is -3.55. The minimum atomic E-state index is -0.572. The highest BCUT2D eigenvalue weighted by Crippen LogP contribution is 2.34. The van der Waals surface area contributed by atoms with Crippen molar-refractivity contribution >= 4 is 63.5 Å². The summed E-state index contributed by atoms with van der Waals surface area (Å²) in [6.45, 7) is 3.76. The standard InChI is InChI=1S/C27H23ClIN3O4/c1-16-7-8-22(9-17(16)2)31-25(33)15-36-26-23(29)11-18(12-24(26)35-3)10-19(14-30)27(34)32-21-6-4-5-20(28)13-21/h4-13H,15H2,1-3H3,(H,31,33)(H,32,34)/b19-10-. The number of carbonyl (C=O) groups is 2. The Morgan fingerprint density at radius 1 is 1.06 bits per heavy atom. The summed E-state index contributed by atoms with van der Waals surface area (Å²) in [4.78, 5) is 25.0. The molecule has 3 aromatic rings. The first-order valence-corrected chi connectivity index (χ1v) is 12.2. The minimum absolute atomic E-state index is 0.103. The van der Waals surface area contributed by atoms with Crippen LogP contribution >= 0.6 is 34.2 Å². The van der Waals surface area contributed by atoms with Crippen molar-refractivity contribution in [3.8, 4) is 17.6 Å². The third-order valence-electron chi connectivity index (χ3n) is 5.15. The van der Waals surface area contributed by atoms with Crippen LogP contribution < -0.4 is 20.1 Å². The number of nitrogens with one attached hydrogen (secondary N) is 2. The van der Waals surface area contributed by atoms with Crippen LogP contribution in [0.2, 0.25) is 5.02 Å². The van der Waals surface area contributed by atoms with E-state index in [9.17, 15) is 14.9 Å². The van der Waals surface area contributed by atoms with Crippen molar-refractivity contribution in [2.75, 3.05) is 24.4 Å². The Kier molecular flexibility index (Phi) is 9.33. The fourth-order valence-electron chi connectivity index (χ4n) is 3.20. The summed E-state index contributed by atoms with van der Waals surface area (Å²) < 4.78 is 11.8. The Morgan fingerprint density at radius 2 is 1.81 bits per heavy atom. The summed E-state index contributed by atoms with van der Waals surface area (Å²) in [7, 11) is 1.47. The number of nitrogens with zero attached hydrogens (tertiary/aromatic N) is 1. The lowest BCUT2D eigenvalue weighted by atomic mass is 10.1. The molecule has 0 radical (unpaired) electrons. The fraction of sp³-hybridized carbons (Fsp3) is 0.148. The molecular formula is C27H23ClIN3O4. The average molecular weight is 616 g/mol. The number of ether oxygens (including phenoxy) is 2. The normalized spacial score (nSPS) is 10.8. The zero-order valence-electron chi connectivity index (χ0n) is 19.8. The van der Waals surface area contributed by atoms with Crippen molar-refractivity contribution < 1.29 is 19.1 Å². The van der Waals surface area contributed by atoms with Crippen LogP contribution in [0.1, 0.15) is 16.7 Å². The summed E-state index contributed by atoms with van der Waals surface area (Å²) in [5.41, 5.74) is 3.83. The van der Waals surface area contributed by atoms with Gasteiger partial charge in [-0.15, -0.1) is 0 Å². The van der Waals surface area contributed by atoms with E-state index in [2.05, 4.69) is 10.6 Å².